The van der Waals surface area contributed by atoms with Gasteiger partial charge in [0.25, 0.3) is 0 Å². The van der Waals surface area contributed by atoms with Crippen LogP contribution in [0.15, 0.2) is 18.2 Å². The fourth-order valence-electron chi connectivity index (χ4n) is 3.75. The van der Waals surface area contributed by atoms with Crippen LogP contribution in [-0.2, 0) is 9.59 Å². The van der Waals surface area contributed by atoms with Crippen molar-refractivity contribution in [3.8, 4) is 11.5 Å². The molecule has 2 amide bonds. The van der Waals surface area contributed by atoms with Gasteiger partial charge in [-0.2, -0.15) is 0 Å². The van der Waals surface area contributed by atoms with Gasteiger partial charge in [0.05, 0.1) is 31.8 Å². The SMILES string of the molecule is CC(C)[C@@H](NC(=O)CN1CCC[C@@H]1C(N)=O)c1ccc2c(c1)OCCCO2. The van der Waals surface area contributed by atoms with E-state index >= 15 is 0 Å². The highest BCUT2D eigenvalue weighted by molar-refractivity contribution is 5.83. The Kier molecular flexibility index (Phi) is 6.21. The summed E-state index contributed by atoms with van der Waals surface area (Å²) >= 11 is 0. The van der Waals surface area contributed by atoms with Crippen molar-refractivity contribution in [3.05, 3.63) is 23.8 Å². The lowest BCUT2D eigenvalue weighted by Gasteiger charge is -2.26. The molecule has 2 heterocycles. The van der Waals surface area contributed by atoms with Crippen molar-refractivity contribution in [3.63, 3.8) is 0 Å². The number of nitrogens with zero attached hydrogens (tertiary/aromatic N) is 1. The molecule has 1 fully saturated rings. The molecular formula is C20H29N3O4. The van der Waals surface area contributed by atoms with Crippen LogP contribution in [-0.4, -0.2) is 49.1 Å². The average molecular weight is 375 g/mol. The Morgan fingerprint density at radius 1 is 1.22 bits per heavy atom. The zero-order chi connectivity index (χ0) is 19.4. The Morgan fingerprint density at radius 3 is 2.67 bits per heavy atom. The van der Waals surface area contributed by atoms with Gasteiger partial charge in [0, 0.05) is 6.42 Å². The summed E-state index contributed by atoms with van der Waals surface area (Å²) < 4.78 is 11.5. The quantitative estimate of drug-likeness (QED) is 0.788. The van der Waals surface area contributed by atoms with E-state index in [0.717, 1.165) is 42.9 Å². The van der Waals surface area contributed by atoms with Crippen LogP contribution in [0.4, 0.5) is 0 Å². The van der Waals surface area contributed by atoms with E-state index in [2.05, 4.69) is 19.2 Å². The highest BCUT2D eigenvalue weighted by atomic mass is 16.5. The number of benzene rings is 1. The molecule has 1 aromatic rings. The van der Waals surface area contributed by atoms with E-state index < -0.39 is 0 Å². The summed E-state index contributed by atoms with van der Waals surface area (Å²) in [7, 11) is 0. The molecule has 2 aliphatic rings. The molecule has 0 bridgehead atoms. The summed E-state index contributed by atoms with van der Waals surface area (Å²) in [6.45, 7) is 6.30. The first-order valence-electron chi connectivity index (χ1n) is 9.68. The van der Waals surface area contributed by atoms with Crippen LogP contribution >= 0.6 is 0 Å². The summed E-state index contributed by atoms with van der Waals surface area (Å²) in [6, 6.07) is 5.34. The van der Waals surface area contributed by atoms with E-state index in [4.69, 9.17) is 15.2 Å². The molecular weight excluding hydrogens is 346 g/mol. The number of carbonyl (C=O) groups is 2. The largest absolute Gasteiger partial charge is 0.490 e. The number of carbonyl (C=O) groups excluding carboxylic acids is 2. The van der Waals surface area contributed by atoms with Crippen LogP contribution in [0.1, 0.15) is 44.7 Å². The van der Waals surface area contributed by atoms with E-state index in [-0.39, 0.29) is 36.4 Å². The number of primary amides is 1. The Labute approximate surface area is 160 Å². The predicted molar refractivity (Wildman–Crippen MR) is 102 cm³/mol. The van der Waals surface area contributed by atoms with Crippen molar-refractivity contribution >= 4 is 11.8 Å². The number of hydrogen-bond donors (Lipinski definition) is 2. The van der Waals surface area contributed by atoms with Crippen LogP contribution in [0.3, 0.4) is 0 Å². The van der Waals surface area contributed by atoms with Gasteiger partial charge in [0.15, 0.2) is 11.5 Å². The van der Waals surface area contributed by atoms with Gasteiger partial charge in [-0.05, 0) is 43.0 Å². The Bertz CT molecular complexity index is 692. The van der Waals surface area contributed by atoms with Gasteiger partial charge in [-0.1, -0.05) is 19.9 Å². The van der Waals surface area contributed by atoms with E-state index in [0.29, 0.717) is 13.2 Å². The molecule has 1 saturated heterocycles. The number of likely N-dealkylation sites (tertiary alicyclic amines) is 1. The lowest BCUT2D eigenvalue weighted by Crippen LogP contribution is -2.46. The van der Waals surface area contributed by atoms with Gasteiger partial charge in [-0.25, -0.2) is 0 Å². The summed E-state index contributed by atoms with van der Waals surface area (Å²) in [5.74, 6) is 1.20. The molecule has 2 aliphatic heterocycles. The van der Waals surface area contributed by atoms with Crippen molar-refractivity contribution in [2.24, 2.45) is 11.7 Å². The van der Waals surface area contributed by atoms with Gasteiger partial charge in [0.1, 0.15) is 0 Å². The lowest BCUT2D eigenvalue weighted by molar-refractivity contribution is -0.126. The smallest absolute Gasteiger partial charge is 0.234 e. The van der Waals surface area contributed by atoms with Crippen molar-refractivity contribution in [1.82, 2.24) is 10.2 Å². The first-order chi connectivity index (χ1) is 13.0. The third kappa shape index (κ3) is 4.71. The molecule has 3 N–H and O–H groups in total. The second kappa shape index (κ2) is 8.61. The maximum absolute atomic E-state index is 12.6. The van der Waals surface area contributed by atoms with Crippen LogP contribution in [0.5, 0.6) is 11.5 Å². The molecule has 27 heavy (non-hydrogen) atoms. The second-order valence-corrected chi connectivity index (χ2v) is 7.58. The van der Waals surface area contributed by atoms with Crippen molar-refractivity contribution in [2.75, 3.05) is 26.3 Å². The molecule has 1 aromatic carbocycles. The minimum Gasteiger partial charge on any atom is -0.490 e. The number of nitrogens with two attached hydrogens (primary N) is 1. The van der Waals surface area contributed by atoms with Crippen molar-refractivity contribution in [2.45, 2.75) is 45.2 Å². The number of nitrogens with one attached hydrogen (secondary N) is 1. The normalized spacial score (nSPS) is 20.9. The minimum absolute atomic E-state index is 0.103. The van der Waals surface area contributed by atoms with E-state index in [1.54, 1.807) is 0 Å². The van der Waals surface area contributed by atoms with E-state index in [9.17, 15) is 9.59 Å². The number of ether oxygens (including phenoxy) is 2. The summed E-state index contributed by atoms with van der Waals surface area (Å²) in [6.07, 6.45) is 2.46. The summed E-state index contributed by atoms with van der Waals surface area (Å²) in [4.78, 5) is 26.0. The zero-order valence-corrected chi connectivity index (χ0v) is 16.1. The molecule has 0 unspecified atom stereocenters. The number of amides is 2. The molecule has 7 nitrogen and oxygen atoms in total. The molecule has 0 spiro atoms. The average Bonchev–Trinajstić information content (AvgIpc) is 2.95. The van der Waals surface area contributed by atoms with E-state index in [1.165, 1.54) is 0 Å². The third-order valence-corrected chi connectivity index (χ3v) is 5.15. The summed E-state index contributed by atoms with van der Waals surface area (Å²) in [5.41, 5.74) is 6.43. The second-order valence-electron chi connectivity index (χ2n) is 7.58. The van der Waals surface area contributed by atoms with Gasteiger partial charge in [-0.15, -0.1) is 0 Å². The highest BCUT2D eigenvalue weighted by Crippen LogP contribution is 2.34. The predicted octanol–water partition coefficient (Wildman–Crippen LogP) is 1.61. The zero-order valence-electron chi connectivity index (χ0n) is 16.1. The maximum atomic E-state index is 12.6. The molecule has 0 saturated carbocycles. The van der Waals surface area contributed by atoms with Gasteiger partial charge in [0.2, 0.25) is 11.8 Å². The monoisotopic (exact) mass is 375 g/mol. The van der Waals surface area contributed by atoms with Gasteiger partial charge < -0.3 is 20.5 Å². The van der Waals surface area contributed by atoms with Crippen LogP contribution in [0, 0.1) is 5.92 Å². The van der Waals surface area contributed by atoms with Crippen LogP contribution in [0.25, 0.3) is 0 Å². The lowest BCUT2D eigenvalue weighted by atomic mass is 9.95. The van der Waals surface area contributed by atoms with Gasteiger partial charge in [-0.3, -0.25) is 14.5 Å². The van der Waals surface area contributed by atoms with Crippen molar-refractivity contribution in [1.29, 1.82) is 0 Å². The molecule has 7 heteroatoms. The molecule has 148 valence electrons. The molecule has 2 atom stereocenters. The first-order valence-corrected chi connectivity index (χ1v) is 9.68. The Hall–Kier alpha value is -2.28. The van der Waals surface area contributed by atoms with E-state index in [1.807, 2.05) is 23.1 Å². The number of fused-ring (bicyclic) bond motifs is 1. The highest BCUT2D eigenvalue weighted by Gasteiger charge is 2.31. The third-order valence-electron chi connectivity index (χ3n) is 5.15. The number of hydrogen-bond acceptors (Lipinski definition) is 5. The Morgan fingerprint density at radius 2 is 1.96 bits per heavy atom. The molecule has 0 aliphatic carbocycles. The van der Waals surface area contributed by atoms with Gasteiger partial charge >= 0.3 is 0 Å². The molecule has 0 radical (unpaired) electrons. The molecule has 0 aromatic heterocycles. The maximum Gasteiger partial charge on any atom is 0.234 e. The van der Waals surface area contributed by atoms with Crippen LogP contribution < -0.4 is 20.5 Å². The fraction of sp³-hybridized carbons (Fsp3) is 0.600. The summed E-state index contributed by atoms with van der Waals surface area (Å²) in [5, 5.41) is 3.11. The number of rotatable bonds is 6. The van der Waals surface area contributed by atoms with Crippen molar-refractivity contribution < 1.29 is 19.1 Å². The minimum atomic E-state index is -0.358. The topological polar surface area (TPSA) is 93.9 Å². The molecule has 3 rings (SSSR count). The fourth-order valence-corrected chi connectivity index (χ4v) is 3.75. The van der Waals surface area contributed by atoms with Crippen LogP contribution in [0.2, 0.25) is 0 Å². The first kappa shape index (κ1) is 19.5. The Balaban J connectivity index is 1.69. The standard InChI is InChI=1S/C20H29N3O4/c1-13(2)19(14-6-7-16-17(11-14)27-10-4-9-26-16)22-18(24)12-23-8-3-5-15(23)20(21)25/h6-7,11,13,15,19H,3-5,8-10,12H2,1-2H3,(H2,21,25)(H,22,24)/t15-,19-/m1/s1.